The highest BCUT2D eigenvalue weighted by atomic mass is 32.1. The Morgan fingerprint density at radius 2 is 1.60 bits per heavy atom. The van der Waals surface area contributed by atoms with Gasteiger partial charge < -0.3 is 9.47 Å². The molecule has 2 nitrogen and oxygen atoms in total. The molecule has 0 saturated heterocycles. The van der Waals surface area contributed by atoms with Gasteiger partial charge in [0.25, 0.3) is 0 Å². The summed E-state index contributed by atoms with van der Waals surface area (Å²) in [5, 5.41) is 2.62. The molecule has 0 spiro atoms. The van der Waals surface area contributed by atoms with E-state index in [1.807, 2.05) is 29.5 Å². The summed E-state index contributed by atoms with van der Waals surface area (Å²) in [4.78, 5) is 0. The molecule has 0 bridgehead atoms. The van der Waals surface area contributed by atoms with Gasteiger partial charge in [-0.3, -0.25) is 0 Å². The van der Waals surface area contributed by atoms with Crippen molar-refractivity contribution in [2.24, 2.45) is 0 Å². The number of benzene rings is 3. The third-order valence-electron chi connectivity index (χ3n) is 4.29. The average molecular weight is 346 g/mol. The van der Waals surface area contributed by atoms with Crippen molar-refractivity contribution in [1.82, 2.24) is 0 Å². The second-order valence-electron chi connectivity index (χ2n) is 5.77. The highest BCUT2D eigenvalue weighted by molar-refractivity contribution is 7.25. The number of methoxy groups -OCH3 is 2. The first-order valence-electron chi connectivity index (χ1n) is 8.10. The topological polar surface area (TPSA) is 18.5 Å². The quantitative estimate of drug-likeness (QED) is 0.407. The van der Waals surface area contributed by atoms with Crippen molar-refractivity contribution in [3.05, 3.63) is 71.8 Å². The number of rotatable bonds is 4. The van der Waals surface area contributed by atoms with Crippen molar-refractivity contribution in [3.8, 4) is 11.5 Å². The van der Waals surface area contributed by atoms with Gasteiger partial charge >= 0.3 is 0 Å². The highest BCUT2D eigenvalue weighted by Gasteiger charge is 2.07. The van der Waals surface area contributed by atoms with Crippen molar-refractivity contribution in [2.45, 2.75) is 0 Å². The Morgan fingerprint density at radius 1 is 0.760 bits per heavy atom. The Morgan fingerprint density at radius 3 is 2.44 bits per heavy atom. The Hall–Kier alpha value is -2.78. The lowest BCUT2D eigenvalue weighted by Crippen LogP contribution is -1.92. The standard InChI is InChI=1S/C22H18O2S/c1-23-19-8-5-6-16(22(19)24-2)12-10-15-11-13-21-18(14-15)17-7-3-4-9-20(17)25-21/h3-14H,1-2H3/b12-10-. The number of hydrogen-bond donors (Lipinski definition) is 0. The van der Waals surface area contributed by atoms with Gasteiger partial charge in [0.05, 0.1) is 14.2 Å². The minimum absolute atomic E-state index is 0.740. The molecule has 25 heavy (non-hydrogen) atoms. The summed E-state index contributed by atoms with van der Waals surface area (Å²) < 4.78 is 13.5. The van der Waals surface area contributed by atoms with Gasteiger partial charge in [-0.25, -0.2) is 0 Å². The van der Waals surface area contributed by atoms with Crippen LogP contribution < -0.4 is 9.47 Å². The first-order valence-corrected chi connectivity index (χ1v) is 8.92. The Balaban J connectivity index is 1.76. The van der Waals surface area contributed by atoms with Gasteiger partial charge in [-0.2, -0.15) is 0 Å². The van der Waals surface area contributed by atoms with Crippen LogP contribution in [0.4, 0.5) is 0 Å². The van der Waals surface area contributed by atoms with E-state index in [0.29, 0.717) is 0 Å². The molecule has 1 aromatic heterocycles. The smallest absolute Gasteiger partial charge is 0.167 e. The first kappa shape index (κ1) is 15.7. The molecule has 0 saturated carbocycles. The molecule has 0 aliphatic heterocycles. The van der Waals surface area contributed by atoms with Crippen LogP contribution in [0.25, 0.3) is 32.3 Å². The molecule has 0 amide bonds. The van der Waals surface area contributed by atoms with E-state index >= 15 is 0 Å². The van der Waals surface area contributed by atoms with E-state index in [9.17, 15) is 0 Å². The Kier molecular flexibility index (Phi) is 4.16. The minimum Gasteiger partial charge on any atom is -0.493 e. The fourth-order valence-corrected chi connectivity index (χ4v) is 4.16. The van der Waals surface area contributed by atoms with Gasteiger partial charge in [0.15, 0.2) is 11.5 Å². The van der Waals surface area contributed by atoms with Crippen molar-refractivity contribution in [3.63, 3.8) is 0 Å². The van der Waals surface area contributed by atoms with Crippen molar-refractivity contribution in [2.75, 3.05) is 14.2 Å². The van der Waals surface area contributed by atoms with Crippen molar-refractivity contribution < 1.29 is 9.47 Å². The van der Waals surface area contributed by atoms with Crippen LogP contribution in [0.15, 0.2) is 60.7 Å². The van der Waals surface area contributed by atoms with Crippen LogP contribution in [0.5, 0.6) is 11.5 Å². The predicted molar refractivity (Wildman–Crippen MR) is 108 cm³/mol. The fourth-order valence-electron chi connectivity index (χ4n) is 3.08. The maximum Gasteiger partial charge on any atom is 0.167 e. The summed E-state index contributed by atoms with van der Waals surface area (Å²) in [6.07, 6.45) is 4.18. The van der Waals surface area contributed by atoms with Crippen LogP contribution in [0, 0.1) is 0 Å². The second-order valence-corrected chi connectivity index (χ2v) is 6.85. The molecule has 0 N–H and O–H groups in total. The lowest BCUT2D eigenvalue weighted by molar-refractivity contribution is 0.354. The molecule has 4 rings (SSSR count). The lowest BCUT2D eigenvalue weighted by Gasteiger charge is -2.09. The van der Waals surface area contributed by atoms with E-state index in [2.05, 4.69) is 54.6 Å². The summed E-state index contributed by atoms with van der Waals surface area (Å²) in [5.74, 6) is 1.49. The van der Waals surface area contributed by atoms with Gasteiger partial charge in [0.1, 0.15) is 0 Å². The summed E-state index contributed by atoms with van der Waals surface area (Å²) >= 11 is 1.84. The van der Waals surface area contributed by atoms with E-state index in [1.165, 1.54) is 25.7 Å². The third kappa shape index (κ3) is 2.87. The molecule has 3 aromatic carbocycles. The third-order valence-corrected chi connectivity index (χ3v) is 5.44. The van der Waals surface area contributed by atoms with Gasteiger partial charge in [0, 0.05) is 25.7 Å². The number of fused-ring (bicyclic) bond motifs is 3. The Labute approximate surface area is 150 Å². The lowest BCUT2D eigenvalue weighted by atomic mass is 10.1. The van der Waals surface area contributed by atoms with Gasteiger partial charge in [0.2, 0.25) is 0 Å². The number of hydrogen-bond acceptors (Lipinski definition) is 3. The zero-order valence-corrected chi connectivity index (χ0v) is 15.0. The van der Waals surface area contributed by atoms with Crippen LogP contribution in [-0.2, 0) is 0 Å². The molecule has 0 fully saturated rings. The van der Waals surface area contributed by atoms with Crippen LogP contribution in [-0.4, -0.2) is 14.2 Å². The van der Waals surface area contributed by atoms with Crippen molar-refractivity contribution in [1.29, 1.82) is 0 Å². The Bertz CT molecular complexity index is 1080. The normalized spacial score (nSPS) is 11.4. The number of para-hydroxylation sites is 1. The average Bonchev–Trinajstić information content (AvgIpc) is 3.03. The molecule has 124 valence electrons. The van der Waals surface area contributed by atoms with Crippen LogP contribution in [0.3, 0.4) is 0 Å². The van der Waals surface area contributed by atoms with Gasteiger partial charge in [-0.1, -0.05) is 48.6 Å². The van der Waals surface area contributed by atoms with E-state index in [0.717, 1.165) is 17.1 Å². The molecular weight excluding hydrogens is 328 g/mol. The second kappa shape index (κ2) is 6.61. The summed E-state index contributed by atoms with van der Waals surface area (Å²) in [7, 11) is 3.32. The minimum atomic E-state index is 0.740. The zero-order valence-electron chi connectivity index (χ0n) is 14.2. The van der Waals surface area contributed by atoms with Gasteiger partial charge in [-0.05, 0) is 29.8 Å². The molecule has 0 radical (unpaired) electrons. The summed E-state index contributed by atoms with van der Waals surface area (Å²) in [6, 6.07) is 21.0. The van der Waals surface area contributed by atoms with E-state index < -0.39 is 0 Å². The molecule has 1 heterocycles. The number of ether oxygens (including phenoxy) is 2. The molecule has 0 aliphatic rings. The summed E-state index contributed by atoms with van der Waals surface area (Å²) in [5.41, 5.74) is 2.16. The molecule has 0 unspecified atom stereocenters. The molecule has 0 atom stereocenters. The maximum absolute atomic E-state index is 5.50. The largest absolute Gasteiger partial charge is 0.493 e. The van der Waals surface area contributed by atoms with Crippen molar-refractivity contribution >= 4 is 43.7 Å². The van der Waals surface area contributed by atoms with Crippen LogP contribution in [0.1, 0.15) is 11.1 Å². The predicted octanol–water partition coefficient (Wildman–Crippen LogP) is 6.24. The van der Waals surface area contributed by atoms with E-state index in [4.69, 9.17) is 9.47 Å². The van der Waals surface area contributed by atoms with Crippen LogP contribution >= 0.6 is 11.3 Å². The molecule has 3 heteroatoms. The monoisotopic (exact) mass is 346 g/mol. The SMILES string of the molecule is COc1cccc(/C=C\c2ccc3sc4ccccc4c3c2)c1OC. The highest BCUT2D eigenvalue weighted by Crippen LogP contribution is 2.35. The molecule has 0 aliphatic carbocycles. The molecular formula is C22H18O2S. The van der Waals surface area contributed by atoms with Crippen LogP contribution in [0.2, 0.25) is 0 Å². The van der Waals surface area contributed by atoms with Gasteiger partial charge in [-0.15, -0.1) is 11.3 Å². The number of thiophene rings is 1. The summed E-state index contributed by atoms with van der Waals surface area (Å²) in [6.45, 7) is 0. The fraction of sp³-hybridized carbons (Fsp3) is 0.0909. The zero-order chi connectivity index (χ0) is 17.2. The maximum atomic E-state index is 5.50. The first-order chi connectivity index (χ1) is 12.3. The molecule has 4 aromatic rings. The van der Waals surface area contributed by atoms with E-state index in [-0.39, 0.29) is 0 Å². The van der Waals surface area contributed by atoms with E-state index in [1.54, 1.807) is 14.2 Å².